The van der Waals surface area contributed by atoms with Crippen molar-refractivity contribution in [2.24, 2.45) is 0 Å². The summed E-state index contributed by atoms with van der Waals surface area (Å²) in [6.07, 6.45) is 1.38. The molecule has 3 N–H and O–H groups in total. The molecule has 8 nitrogen and oxygen atoms in total. The maximum absolute atomic E-state index is 13.0. The first-order valence-electron chi connectivity index (χ1n) is 9.71. The van der Waals surface area contributed by atoms with Gasteiger partial charge in [0.2, 0.25) is 6.23 Å². The second-order valence-electron chi connectivity index (χ2n) is 7.44. The standard InChI is InChI=1S/C21H22FN3O5/c22-15-5-9-17(10-6-15)29-16-7-3-14(4-8-16)13-25-19(26)23-18(30-20(27)24-28)21(25)11-1-2-12-21/h3-10,18,28H,1-2,11-13H2,(H,23,26)(H,24,27)/t18-/m1/s1. The monoisotopic (exact) mass is 415 g/mol. The molecule has 4 rings (SSSR count). The smallest absolute Gasteiger partial charge is 0.433 e. The molecular formula is C21H22FN3O5. The van der Waals surface area contributed by atoms with Crippen LogP contribution in [0.4, 0.5) is 14.0 Å². The van der Waals surface area contributed by atoms with E-state index in [2.05, 4.69) is 5.32 Å². The molecular weight excluding hydrogens is 393 g/mol. The summed E-state index contributed by atoms with van der Waals surface area (Å²) in [7, 11) is 0. The van der Waals surface area contributed by atoms with Gasteiger partial charge >= 0.3 is 12.1 Å². The number of halogens is 1. The molecule has 9 heteroatoms. The Morgan fingerprint density at radius 3 is 2.33 bits per heavy atom. The Bertz CT molecular complexity index is 913. The lowest BCUT2D eigenvalue weighted by Crippen LogP contribution is -2.51. The highest BCUT2D eigenvalue weighted by molar-refractivity contribution is 5.79. The van der Waals surface area contributed by atoms with E-state index < -0.39 is 17.9 Å². The van der Waals surface area contributed by atoms with Crippen LogP contribution in [0.25, 0.3) is 0 Å². The third-order valence-corrected chi connectivity index (χ3v) is 5.62. The second-order valence-corrected chi connectivity index (χ2v) is 7.44. The zero-order chi connectivity index (χ0) is 21.1. The number of hydroxylamine groups is 1. The number of benzene rings is 2. The summed E-state index contributed by atoms with van der Waals surface area (Å²) >= 11 is 0. The van der Waals surface area contributed by atoms with Gasteiger partial charge < -0.3 is 19.7 Å². The molecule has 0 radical (unpaired) electrons. The van der Waals surface area contributed by atoms with E-state index >= 15 is 0 Å². The van der Waals surface area contributed by atoms with Crippen molar-refractivity contribution in [3.8, 4) is 11.5 Å². The minimum Gasteiger partial charge on any atom is -0.457 e. The normalized spacial score (nSPS) is 19.6. The number of ether oxygens (including phenoxy) is 2. The molecule has 1 aliphatic carbocycles. The summed E-state index contributed by atoms with van der Waals surface area (Å²) in [4.78, 5) is 25.8. The largest absolute Gasteiger partial charge is 0.457 e. The van der Waals surface area contributed by atoms with Gasteiger partial charge in [0.25, 0.3) is 0 Å². The number of carbonyl (C=O) groups is 2. The van der Waals surface area contributed by atoms with Gasteiger partial charge in [0, 0.05) is 6.54 Å². The molecule has 2 aliphatic rings. The fourth-order valence-corrected chi connectivity index (χ4v) is 4.17. The molecule has 1 saturated carbocycles. The van der Waals surface area contributed by atoms with Crippen LogP contribution in [0.15, 0.2) is 48.5 Å². The van der Waals surface area contributed by atoms with E-state index in [1.54, 1.807) is 29.2 Å². The molecule has 1 heterocycles. The van der Waals surface area contributed by atoms with Crippen LogP contribution in [0.1, 0.15) is 31.2 Å². The SMILES string of the molecule is O=C(NO)O[C@H]1NC(=O)N(Cc2ccc(Oc3ccc(F)cc3)cc2)C12CCCC2. The minimum absolute atomic E-state index is 0.320. The van der Waals surface area contributed by atoms with Crippen molar-refractivity contribution in [2.75, 3.05) is 0 Å². The fraction of sp³-hybridized carbons (Fsp3) is 0.333. The molecule has 158 valence electrons. The number of rotatable bonds is 5. The average molecular weight is 415 g/mol. The molecule has 3 amide bonds. The topological polar surface area (TPSA) is 100 Å². The molecule has 30 heavy (non-hydrogen) atoms. The van der Waals surface area contributed by atoms with Crippen LogP contribution < -0.4 is 15.5 Å². The van der Waals surface area contributed by atoms with Crippen molar-refractivity contribution in [3.63, 3.8) is 0 Å². The molecule has 2 aromatic carbocycles. The molecule has 2 fully saturated rings. The number of nitrogens with zero attached hydrogens (tertiary/aromatic N) is 1. The van der Waals surface area contributed by atoms with Crippen molar-refractivity contribution in [3.05, 3.63) is 59.9 Å². The highest BCUT2D eigenvalue weighted by atomic mass is 19.1. The van der Waals surface area contributed by atoms with E-state index in [1.165, 1.54) is 17.6 Å². The minimum atomic E-state index is -1.00. The van der Waals surface area contributed by atoms with E-state index in [4.69, 9.17) is 14.7 Å². The number of carbonyl (C=O) groups excluding carboxylic acids is 2. The molecule has 0 aromatic heterocycles. The lowest BCUT2D eigenvalue weighted by Gasteiger charge is -2.36. The van der Waals surface area contributed by atoms with Crippen LogP contribution in [0.2, 0.25) is 0 Å². The fourth-order valence-electron chi connectivity index (χ4n) is 4.17. The van der Waals surface area contributed by atoms with Crippen molar-refractivity contribution in [1.82, 2.24) is 15.7 Å². The van der Waals surface area contributed by atoms with Crippen LogP contribution in [0.3, 0.4) is 0 Å². The summed E-state index contributed by atoms with van der Waals surface area (Å²) in [5.74, 6) is 0.781. The summed E-state index contributed by atoms with van der Waals surface area (Å²) in [5, 5.41) is 11.5. The molecule has 2 aromatic rings. The molecule has 0 unspecified atom stereocenters. The zero-order valence-electron chi connectivity index (χ0n) is 16.1. The Morgan fingerprint density at radius 2 is 1.73 bits per heavy atom. The maximum Gasteiger partial charge on any atom is 0.433 e. The van der Waals surface area contributed by atoms with Crippen molar-refractivity contribution < 1.29 is 28.7 Å². The highest BCUT2D eigenvalue weighted by Crippen LogP contribution is 2.42. The Morgan fingerprint density at radius 1 is 1.13 bits per heavy atom. The lowest BCUT2D eigenvalue weighted by atomic mass is 9.94. The van der Waals surface area contributed by atoms with E-state index in [1.807, 2.05) is 12.1 Å². The number of hydrogen-bond donors (Lipinski definition) is 3. The van der Waals surface area contributed by atoms with Gasteiger partial charge in [-0.3, -0.25) is 5.21 Å². The number of hydrogen-bond acceptors (Lipinski definition) is 5. The second kappa shape index (κ2) is 8.19. The van der Waals surface area contributed by atoms with Gasteiger partial charge in [-0.05, 0) is 54.8 Å². The summed E-state index contributed by atoms with van der Waals surface area (Å²) in [6.45, 7) is 0.337. The van der Waals surface area contributed by atoms with Crippen LogP contribution in [0, 0.1) is 5.82 Å². The Kier molecular flexibility index (Phi) is 5.45. The van der Waals surface area contributed by atoms with Crippen LogP contribution >= 0.6 is 0 Å². The Balaban J connectivity index is 1.47. The van der Waals surface area contributed by atoms with Crippen LogP contribution in [0.5, 0.6) is 11.5 Å². The van der Waals surface area contributed by atoms with Gasteiger partial charge in [0.05, 0.1) is 0 Å². The lowest BCUT2D eigenvalue weighted by molar-refractivity contribution is -0.00762. The first kappa shape index (κ1) is 20.0. The van der Waals surface area contributed by atoms with Crippen molar-refractivity contribution in [1.29, 1.82) is 0 Å². The third-order valence-electron chi connectivity index (χ3n) is 5.62. The van der Waals surface area contributed by atoms with Gasteiger partial charge in [-0.1, -0.05) is 25.0 Å². The summed E-state index contributed by atoms with van der Waals surface area (Å²) in [5.41, 5.74) is 1.68. The molecule has 0 bridgehead atoms. The number of urea groups is 1. The van der Waals surface area contributed by atoms with E-state index in [0.717, 1.165) is 18.4 Å². The van der Waals surface area contributed by atoms with Crippen LogP contribution in [-0.2, 0) is 11.3 Å². The van der Waals surface area contributed by atoms with Gasteiger partial charge in [-0.15, -0.1) is 0 Å². The first-order chi connectivity index (χ1) is 14.5. The Labute approximate surface area is 172 Å². The van der Waals surface area contributed by atoms with Gasteiger partial charge in [0.15, 0.2) is 0 Å². The average Bonchev–Trinajstić information content (AvgIpc) is 3.33. The van der Waals surface area contributed by atoms with E-state index in [0.29, 0.717) is 30.9 Å². The van der Waals surface area contributed by atoms with E-state index in [-0.39, 0.29) is 11.8 Å². The van der Waals surface area contributed by atoms with Crippen molar-refractivity contribution in [2.45, 2.75) is 44.0 Å². The van der Waals surface area contributed by atoms with Gasteiger partial charge in [-0.25, -0.2) is 19.5 Å². The zero-order valence-corrected chi connectivity index (χ0v) is 16.1. The maximum atomic E-state index is 13.0. The Hall–Kier alpha value is -3.33. The van der Waals surface area contributed by atoms with Gasteiger partial charge in [-0.2, -0.15) is 0 Å². The van der Waals surface area contributed by atoms with E-state index in [9.17, 15) is 14.0 Å². The highest BCUT2D eigenvalue weighted by Gasteiger charge is 2.56. The van der Waals surface area contributed by atoms with Crippen molar-refractivity contribution >= 4 is 12.1 Å². The molecule has 1 atom stereocenters. The predicted molar refractivity (Wildman–Crippen MR) is 103 cm³/mol. The summed E-state index contributed by atoms with van der Waals surface area (Å²) in [6, 6.07) is 12.7. The third kappa shape index (κ3) is 3.88. The quantitative estimate of drug-likeness (QED) is 0.508. The van der Waals surface area contributed by atoms with Gasteiger partial charge in [0.1, 0.15) is 22.9 Å². The summed E-state index contributed by atoms with van der Waals surface area (Å²) < 4.78 is 23.9. The number of amides is 3. The molecule has 1 spiro atoms. The molecule has 1 aliphatic heterocycles. The number of nitrogens with one attached hydrogen (secondary N) is 2. The van der Waals surface area contributed by atoms with Crippen LogP contribution in [-0.4, -0.2) is 34.0 Å². The predicted octanol–water partition coefficient (Wildman–Crippen LogP) is 3.90. The molecule has 1 saturated heterocycles. The first-order valence-corrected chi connectivity index (χ1v) is 9.71.